The first-order valence-corrected chi connectivity index (χ1v) is 6.61. The minimum Gasteiger partial charge on any atom is -0.507 e. The predicted octanol–water partition coefficient (Wildman–Crippen LogP) is 2.18. The van der Waals surface area contributed by atoms with Crippen molar-refractivity contribution in [3.63, 3.8) is 0 Å². The molecular weight excluding hydrogens is 298 g/mol. The summed E-state index contributed by atoms with van der Waals surface area (Å²) in [6.45, 7) is 1.38. The summed E-state index contributed by atoms with van der Waals surface area (Å²) in [7, 11) is 0. The molecule has 0 aliphatic carbocycles. The summed E-state index contributed by atoms with van der Waals surface area (Å²) in [6, 6.07) is 0. The van der Waals surface area contributed by atoms with Crippen LogP contribution in [0.3, 0.4) is 0 Å². The minimum atomic E-state index is -0.688. The molecule has 8 heteroatoms. The Labute approximate surface area is 121 Å². The lowest BCUT2D eigenvalue weighted by molar-refractivity contribution is 0.398. The number of anilines is 1. The van der Waals surface area contributed by atoms with Gasteiger partial charge >= 0.3 is 0 Å². The molecule has 0 fully saturated rings. The van der Waals surface area contributed by atoms with Gasteiger partial charge in [0.1, 0.15) is 11.4 Å². The Morgan fingerprint density at radius 1 is 0.667 bits per heavy atom. The lowest BCUT2D eigenvalue weighted by Gasteiger charge is -2.09. The highest BCUT2D eigenvalue weighted by Gasteiger charge is 2.26. The zero-order valence-electron chi connectivity index (χ0n) is 10.7. The second-order valence-electron chi connectivity index (χ2n) is 4.64. The summed E-state index contributed by atoms with van der Waals surface area (Å²) in [5.74, 6) is -3.12. The summed E-state index contributed by atoms with van der Waals surface area (Å²) in [6.07, 6.45) is 0. The summed E-state index contributed by atoms with van der Waals surface area (Å²) in [4.78, 5) is 0. The molecule has 0 unspecified atom stereocenters. The van der Waals surface area contributed by atoms with Crippen LogP contribution in [0.15, 0.2) is 0 Å². The van der Waals surface area contributed by atoms with Crippen LogP contribution in [0.5, 0.6) is 34.5 Å². The molecule has 0 spiro atoms. The van der Waals surface area contributed by atoms with Crippen LogP contribution in [0, 0.1) is 6.92 Å². The van der Waals surface area contributed by atoms with Crippen LogP contribution in [0.1, 0.15) is 5.56 Å². The van der Waals surface area contributed by atoms with Gasteiger partial charge in [-0.05, 0) is 6.92 Å². The molecule has 0 atom stereocenters. The van der Waals surface area contributed by atoms with Gasteiger partial charge in [-0.25, -0.2) is 0 Å². The van der Waals surface area contributed by atoms with Gasteiger partial charge < -0.3 is 36.4 Å². The van der Waals surface area contributed by atoms with Crippen molar-refractivity contribution in [1.82, 2.24) is 0 Å². The average Bonchev–Trinajstić information content (AvgIpc) is 2.87. The van der Waals surface area contributed by atoms with E-state index < -0.39 is 34.4 Å². The number of phenols is 6. The van der Waals surface area contributed by atoms with Crippen LogP contribution in [0.2, 0.25) is 0 Å². The Morgan fingerprint density at radius 2 is 1.14 bits per heavy atom. The van der Waals surface area contributed by atoms with Crippen LogP contribution in [0.25, 0.3) is 20.2 Å². The number of hydrogen-bond donors (Lipinski definition) is 7. The first kappa shape index (κ1) is 13.3. The SMILES string of the molecule is Cc1c(O)c(O)c2sc3c(O)c(O)c(N)c(O)c3c2c1O. The average molecular weight is 309 g/mol. The van der Waals surface area contributed by atoms with Gasteiger partial charge in [0.15, 0.2) is 28.7 Å². The molecule has 1 aromatic heterocycles. The molecule has 0 radical (unpaired) electrons. The Balaban J connectivity index is 2.73. The van der Waals surface area contributed by atoms with Gasteiger partial charge in [0.05, 0.1) is 20.2 Å². The van der Waals surface area contributed by atoms with Gasteiger partial charge in [0.2, 0.25) is 0 Å². The lowest BCUT2D eigenvalue weighted by Crippen LogP contribution is -1.88. The molecule has 3 aromatic rings. The Morgan fingerprint density at radius 3 is 1.71 bits per heavy atom. The third-order valence-electron chi connectivity index (χ3n) is 3.48. The van der Waals surface area contributed by atoms with E-state index in [2.05, 4.69) is 0 Å². The number of rotatable bonds is 0. The zero-order chi connectivity index (χ0) is 15.6. The van der Waals surface area contributed by atoms with Crippen molar-refractivity contribution in [1.29, 1.82) is 0 Å². The Bertz CT molecular complexity index is 856. The molecule has 7 nitrogen and oxygen atoms in total. The monoisotopic (exact) mass is 309 g/mol. The number of benzene rings is 2. The minimum absolute atomic E-state index is 0.00120. The number of thiophene rings is 1. The fourth-order valence-electron chi connectivity index (χ4n) is 2.28. The molecule has 0 saturated carbocycles. The first-order chi connectivity index (χ1) is 9.77. The van der Waals surface area contributed by atoms with Crippen molar-refractivity contribution in [2.75, 3.05) is 5.73 Å². The van der Waals surface area contributed by atoms with Crippen molar-refractivity contribution in [3.05, 3.63) is 5.56 Å². The molecule has 2 aromatic carbocycles. The van der Waals surface area contributed by atoms with E-state index in [-0.39, 0.29) is 31.5 Å². The molecule has 0 aliphatic heterocycles. The summed E-state index contributed by atoms with van der Waals surface area (Å²) < 4.78 is 0.0889. The fourth-order valence-corrected chi connectivity index (χ4v) is 3.48. The smallest absolute Gasteiger partial charge is 0.186 e. The third-order valence-corrected chi connectivity index (χ3v) is 4.68. The number of hydrogen-bond acceptors (Lipinski definition) is 8. The van der Waals surface area contributed by atoms with Crippen molar-refractivity contribution < 1.29 is 30.6 Å². The predicted molar refractivity (Wildman–Crippen MR) is 78.5 cm³/mol. The van der Waals surface area contributed by atoms with E-state index in [0.717, 1.165) is 11.3 Å². The van der Waals surface area contributed by atoms with Crippen molar-refractivity contribution >= 4 is 37.2 Å². The van der Waals surface area contributed by atoms with Gasteiger partial charge in [0, 0.05) is 5.56 Å². The van der Waals surface area contributed by atoms with Crippen molar-refractivity contribution in [2.24, 2.45) is 0 Å². The van der Waals surface area contributed by atoms with E-state index in [1.54, 1.807) is 0 Å². The molecular formula is C13H11NO6S. The van der Waals surface area contributed by atoms with E-state index >= 15 is 0 Å². The maximum absolute atomic E-state index is 10.2. The molecule has 3 rings (SSSR count). The maximum atomic E-state index is 10.2. The second-order valence-corrected chi connectivity index (χ2v) is 5.66. The fraction of sp³-hybridized carbons (Fsp3) is 0.0769. The maximum Gasteiger partial charge on any atom is 0.186 e. The van der Waals surface area contributed by atoms with Crippen LogP contribution in [0.4, 0.5) is 5.69 Å². The molecule has 1 heterocycles. The molecule has 21 heavy (non-hydrogen) atoms. The molecule has 110 valence electrons. The first-order valence-electron chi connectivity index (χ1n) is 5.79. The van der Waals surface area contributed by atoms with Gasteiger partial charge in [-0.15, -0.1) is 11.3 Å². The Kier molecular flexibility index (Phi) is 2.45. The highest BCUT2D eigenvalue weighted by atomic mass is 32.1. The van der Waals surface area contributed by atoms with Gasteiger partial charge in [0.25, 0.3) is 0 Å². The van der Waals surface area contributed by atoms with Gasteiger partial charge in [-0.2, -0.15) is 0 Å². The van der Waals surface area contributed by atoms with E-state index in [0.29, 0.717) is 0 Å². The number of fused-ring (bicyclic) bond motifs is 3. The van der Waals surface area contributed by atoms with Crippen LogP contribution in [-0.2, 0) is 0 Å². The zero-order valence-corrected chi connectivity index (χ0v) is 11.5. The van der Waals surface area contributed by atoms with Gasteiger partial charge in [-0.3, -0.25) is 0 Å². The lowest BCUT2D eigenvalue weighted by atomic mass is 10.0. The number of aromatic hydroxyl groups is 6. The van der Waals surface area contributed by atoms with Crippen LogP contribution >= 0.6 is 11.3 Å². The topological polar surface area (TPSA) is 147 Å². The molecule has 0 aliphatic rings. The highest BCUT2D eigenvalue weighted by Crippen LogP contribution is 2.57. The largest absolute Gasteiger partial charge is 0.507 e. The van der Waals surface area contributed by atoms with E-state index in [4.69, 9.17) is 5.73 Å². The number of phenolic OH excluding ortho intramolecular Hbond substituents is 6. The summed E-state index contributed by atoms with van der Waals surface area (Å²) >= 11 is 0.793. The van der Waals surface area contributed by atoms with Crippen LogP contribution in [-0.4, -0.2) is 30.6 Å². The second kappa shape index (κ2) is 3.89. The quantitative estimate of drug-likeness (QED) is 0.191. The highest BCUT2D eigenvalue weighted by molar-refractivity contribution is 7.26. The van der Waals surface area contributed by atoms with E-state index in [9.17, 15) is 30.6 Å². The molecule has 8 N–H and O–H groups in total. The van der Waals surface area contributed by atoms with Crippen molar-refractivity contribution in [2.45, 2.75) is 6.92 Å². The Hall–Kier alpha value is -2.74. The van der Waals surface area contributed by atoms with Crippen molar-refractivity contribution in [3.8, 4) is 34.5 Å². The molecule has 0 amide bonds. The standard InChI is InChI=1S/C13H11NO6S/c1-2-6(15)3-4-8(17)5(14)9(18)11(20)13(4)21-12(3)10(19)7(2)16/h15-20H,14H2,1H3. The summed E-state index contributed by atoms with van der Waals surface area (Å²) in [5, 5.41) is 59.6. The van der Waals surface area contributed by atoms with Crippen LogP contribution < -0.4 is 5.73 Å². The third kappa shape index (κ3) is 1.42. The van der Waals surface area contributed by atoms with Gasteiger partial charge in [-0.1, -0.05) is 0 Å². The van der Waals surface area contributed by atoms with E-state index in [1.165, 1.54) is 6.92 Å². The normalized spacial score (nSPS) is 11.5. The van der Waals surface area contributed by atoms with E-state index in [1.807, 2.05) is 0 Å². The summed E-state index contributed by atoms with van der Waals surface area (Å²) in [5.41, 5.74) is 5.08. The number of nitrogens with two attached hydrogens (primary N) is 1. The number of nitrogen functional groups attached to an aromatic ring is 1. The molecule has 0 saturated heterocycles. The molecule has 0 bridgehead atoms.